The molecule has 1 fully saturated rings. The van der Waals surface area contributed by atoms with Crippen LogP contribution in [-0.2, 0) is 11.3 Å². The van der Waals surface area contributed by atoms with Gasteiger partial charge < -0.3 is 15.7 Å². The molecule has 1 aliphatic rings. The molecule has 1 saturated carbocycles. The van der Waals surface area contributed by atoms with Gasteiger partial charge in [0.2, 0.25) is 0 Å². The van der Waals surface area contributed by atoms with Gasteiger partial charge in [-0.05, 0) is 25.0 Å². The number of hydrogen-bond acceptors (Lipinski definition) is 4. The minimum absolute atomic E-state index is 0.0342. The molecule has 5 heteroatoms. The average molecular weight is 263 g/mol. The number of carbonyl (C=O) groups is 1. The first-order chi connectivity index (χ1) is 9.25. The molecule has 2 atom stereocenters. The molecule has 1 aliphatic carbocycles. The van der Waals surface area contributed by atoms with Crippen molar-refractivity contribution >= 4 is 5.97 Å². The van der Waals surface area contributed by atoms with E-state index in [4.69, 9.17) is 5.11 Å². The zero-order valence-electron chi connectivity index (χ0n) is 11.0. The Morgan fingerprint density at radius 3 is 2.63 bits per heavy atom. The van der Waals surface area contributed by atoms with Crippen LogP contribution in [0.5, 0.6) is 0 Å². The van der Waals surface area contributed by atoms with Crippen molar-refractivity contribution in [3.05, 3.63) is 30.1 Å². The maximum atomic E-state index is 10.6. The summed E-state index contributed by atoms with van der Waals surface area (Å²) in [5, 5.41) is 15.4. The number of nitrogens with zero attached hydrogens (tertiary/aromatic N) is 1. The maximum Gasteiger partial charge on any atom is 0.317 e. The zero-order chi connectivity index (χ0) is 13.5. The third-order valence-corrected chi connectivity index (χ3v) is 3.55. The molecule has 0 spiro atoms. The fraction of sp³-hybridized carbons (Fsp3) is 0.571. The summed E-state index contributed by atoms with van der Waals surface area (Å²) in [6, 6.07) is 6.45. The van der Waals surface area contributed by atoms with E-state index in [1.165, 1.54) is 12.8 Å². The second-order valence-corrected chi connectivity index (χ2v) is 4.97. The third-order valence-electron chi connectivity index (χ3n) is 3.55. The van der Waals surface area contributed by atoms with Crippen LogP contribution in [0.25, 0.3) is 0 Å². The second-order valence-electron chi connectivity index (χ2n) is 4.97. The van der Waals surface area contributed by atoms with Crippen molar-refractivity contribution in [1.82, 2.24) is 15.6 Å². The Morgan fingerprint density at radius 2 is 2.00 bits per heavy atom. The summed E-state index contributed by atoms with van der Waals surface area (Å²) < 4.78 is 0. The van der Waals surface area contributed by atoms with Crippen LogP contribution in [0.2, 0.25) is 0 Å². The Hall–Kier alpha value is -1.46. The Bertz CT molecular complexity index is 397. The van der Waals surface area contributed by atoms with Crippen molar-refractivity contribution in [3.63, 3.8) is 0 Å². The largest absolute Gasteiger partial charge is 0.480 e. The monoisotopic (exact) mass is 263 g/mol. The number of hydrogen-bond donors (Lipinski definition) is 3. The van der Waals surface area contributed by atoms with Gasteiger partial charge in [0.25, 0.3) is 0 Å². The van der Waals surface area contributed by atoms with Gasteiger partial charge in [0.15, 0.2) is 0 Å². The minimum atomic E-state index is -0.797. The van der Waals surface area contributed by atoms with E-state index in [-0.39, 0.29) is 12.6 Å². The van der Waals surface area contributed by atoms with Gasteiger partial charge in [-0.2, -0.15) is 0 Å². The predicted octanol–water partition coefficient (Wildman–Crippen LogP) is 1.16. The smallest absolute Gasteiger partial charge is 0.317 e. The molecule has 0 radical (unpaired) electrons. The van der Waals surface area contributed by atoms with Crippen molar-refractivity contribution in [2.45, 2.75) is 44.3 Å². The molecular formula is C14H21N3O2. The predicted molar refractivity (Wildman–Crippen MR) is 72.8 cm³/mol. The third kappa shape index (κ3) is 4.61. The van der Waals surface area contributed by atoms with E-state index in [0.717, 1.165) is 25.1 Å². The first-order valence-corrected chi connectivity index (χ1v) is 6.84. The molecular weight excluding hydrogens is 242 g/mol. The summed E-state index contributed by atoms with van der Waals surface area (Å²) in [5.74, 6) is -0.797. The molecule has 1 unspecified atom stereocenters. The Kier molecular flexibility index (Phi) is 5.30. The first-order valence-electron chi connectivity index (χ1n) is 6.84. The summed E-state index contributed by atoms with van der Waals surface area (Å²) in [5.41, 5.74) is 1.02. The van der Waals surface area contributed by atoms with E-state index in [9.17, 15) is 4.79 Å². The van der Waals surface area contributed by atoms with Gasteiger partial charge in [-0.3, -0.25) is 9.78 Å². The highest BCUT2D eigenvalue weighted by Crippen LogP contribution is 2.18. The highest BCUT2D eigenvalue weighted by atomic mass is 16.4. The van der Waals surface area contributed by atoms with Gasteiger partial charge in [-0.1, -0.05) is 18.9 Å². The molecule has 1 aromatic heterocycles. The second kappa shape index (κ2) is 7.21. The van der Waals surface area contributed by atoms with Crippen LogP contribution in [0.1, 0.15) is 31.4 Å². The number of pyridine rings is 1. The topological polar surface area (TPSA) is 74.2 Å². The van der Waals surface area contributed by atoms with Crippen molar-refractivity contribution in [2.75, 3.05) is 6.54 Å². The normalized spacial score (nSPS) is 23.2. The van der Waals surface area contributed by atoms with Gasteiger partial charge in [0.05, 0.1) is 12.2 Å². The summed E-state index contributed by atoms with van der Waals surface area (Å²) in [6.07, 6.45) is 6.28. The van der Waals surface area contributed by atoms with E-state index in [1.54, 1.807) is 6.20 Å². The summed E-state index contributed by atoms with van der Waals surface area (Å²) in [6.45, 7) is 0.767. The van der Waals surface area contributed by atoms with E-state index < -0.39 is 5.97 Å². The molecule has 1 heterocycles. The minimum Gasteiger partial charge on any atom is -0.480 e. The van der Waals surface area contributed by atoms with Crippen LogP contribution >= 0.6 is 0 Å². The Balaban J connectivity index is 1.83. The molecule has 0 amide bonds. The lowest BCUT2D eigenvalue weighted by molar-refractivity contribution is -0.136. The van der Waals surface area contributed by atoms with Crippen LogP contribution in [0.3, 0.4) is 0 Å². The van der Waals surface area contributed by atoms with Gasteiger partial charge >= 0.3 is 5.97 Å². The quantitative estimate of drug-likeness (QED) is 0.718. The number of nitrogens with one attached hydrogen (secondary N) is 2. The number of rotatable bonds is 6. The van der Waals surface area contributed by atoms with E-state index >= 15 is 0 Å². The van der Waals surface area contributed by atoms with E-state index in [2.05, 4.69) is 15.6 Å². The molecule has 0 aromatic carbocycles. The van der Waals surface area contributed by atoms with E-state index in [0.29, 0.717) is 6.04 Å². The highest BCUT2D eigenvalue weighted by Gasteiger charge is 2.24. The lowest BCUT2D eigenvalue weighted by Crippen LogP contribution is -2.50. The maximum absolute atomic E-state index is 10.6. The summed E-state index contributed by atoms with van der Waals surface area (Å²) in [4.78, 5) is 14.9. The molecule has 2 rings (SSSR count). The van der Waals surface area contributed by atoms with Crippen LogP contribution < -0.4 is 10.6 Å². The standard InChI is InChI=1S/C14H21N3O2/c18-14(19)10-17-13-7-2-1-6-12(13)16-9-11-5-3-4-8-15-11/h3-5,8,12-13,16-17H,1-2,6-7,9-10H2,(H,18,19)/t12-,13?/m0/s1. The van der Waals surface area contributed by atoms with Crippen LogP contribution in [0.15, 0.2) is 24.4 Å². The number of aliphatic carboxylic acids is 1. The van der Waals surface area contributed by atoms with Crippen molar-refractivity contribution < 1.29 is 9.90 Å². The summed E-state index contributed by atoms with van der Waals surface area (Å²) in [7, 11) is 0. The fourth-order valence-corrected chi connectivity index (χ4v) is 2.58. The van der Waals surface area contributed by atoms with Gasteiger partial charge in [0, 0.05) is 24.8 Å². The highest BCUT2D eigenvalue weighted by molar-refractivity contribution is 5.69. The lowest BCUT2D eigenvalue weighted by atomic mass is 9.90. The van der Waals surface area contributed by atoms with E-state index in [1.807, 2.05) is 18.2 Å². The van der Waals surface area contributed by atoms with Crippen LogP contribution in [0, 0.1) is 0 Å². The van der Waals surface area contributed by atoms with Gasteiger partial charge in [-0.25, -0.2) is 0 Å². The van der Waals surface area contributed by atoms with Crippen LogP contribution in [-0.4, -0.2) is 34.7 Å². The van der Waals surface area contributed by atoms with Crippen LogP contribution in [0.4, 0.5) is 0 Å². The molecule has 104 valence electrons. The molecule has 0 saturated heterocycles. The number of aromatic nitrogens is 1. The van der Waals surface area contributed by atoms with Gasteiger partial charge in [-0.15, -0.1) is 0 Å². The van der Waals surface area contributed by atoms with Crippen molar-refractivity contribution in [3.8, 4) is 0 Å². The molecule has 0 aliphatic heterocycles. The molecule has 19 heavy (non-hydrogen) atoms. The van der Waals surface area contributed by atoms with Gasteiger partial charge in [0.1, 0.15) is 0 Å². The average Bonchev–Trinajstić information content (AvgIpc) is 2.45. The molecule has 1 aromatic rings. The molecule has 0 bridgehead atoms. The summed E-state index contributed by atoms with van der Waals surface area (Å²) >= 11 is 0. The lowest BCUT2D eigenvalue weighted by Gasteiger charge is -2.32. The molecule has 3 N–H and O–H groups in total. The number of carboxylic acids is 1. The number of carboxylic acid groups (broad SMARTS) is 1. The Morgan fingerprint density at radius 1 is 1.26 bits per heavy atom. The zero-order valence-corrected chi connectivity index (χ0v) is 11.0. The van der Waals surface area contributed by atoms with Crippen molar-refractivity contribution in [2.24, 2.45) is 0 Å². The van der Waals surface area contributed by atoms with Crippen molar-refractivity contribution in [1.29, 1.82) is 0 Å². The fourth-order valence-electron chi connectivity index (χ4n) is 2.58. The SMILES string of the molecule is O=C(O)CNC1CCCC[C@@H]1NCc1ccccn1. The Labute approximate surface area is 113 Å². The molecule has 5 nitrogen and oxygen atoms in total. The first kappa shape index (κ1) is 14.0.